The van der Waals surface area contributed by atoms with Gasteiger partial charge in [0.1, 0.15) is 11.5 Å². The third-order valence-electron chi connectivity index (χ3n) is 6.92. The Morgan fingerprint density at radius 2 is 1.72 bits per heavy atom. The summed E-state index contributed by atoms with van der Waals surface area (Å²) in [5, 5.41) is 11.2. The quantitative estimate of drug-likeness (QED) is 0.458. The maximum atomic E-state index is 13.1. The first-order chi connectivity index (χ1) is 17.3. The number of nitrogens with one attached hydrogen (secondary N) is 1. The van der Waals surface area contributed by atoms with Gasteiger partial charge in [0.05, 0.1) is 16.9 Å². The monoisotopic (exact) mass is 507 g/mol. The second-order valence-electron chi connectivity index (χ2n) is 9.72. The van der Waals surface area contributed by atoms with Crippen LogP contribution in [0.15, 0.2) is 63.8 Å². The third-order valence-corrected chi connectivity index (χ3v) is 8.18. The van der Waals surface area contributed by atoms with E-state index in [1.54, 1.807) is 42.5 Å². The summed E-state index contributed by atoms with van der Waals surface area (Å²) < 4.78 is 33.8. The third kappa shape index (κ3) is 5.23. The number of sulfonamides is 1. The molecule has 0 aliphatic heterocycles. The standard InChI is InChI=1S/C28H29NO6S/c30-22-12-5-2-6-13-23-25(22)27(31)26(28(32)35-23)24(19-14-15-19)20-10-7-11-21(16-20)29-36(33,34)17-18-8-3-1-4-9-18/h1,3-4,7-11,16,19,24,29,31H,2,5-6,12-15,17H2. The number of benzene rings is 2. The molecule has 1 fully saturated rings. The Hall–Kier alpha value is -3.39. The van der Waals surface area contributed by atoms with Crippen molar-refractivity contribution in [2.45, 2.75) is 56.6 Å². The Balaban J connectivity index is 1.50. The zero-order valence-corrected chi connectivity index (χ0v) is 20.7. The highest BCUT2D eigenvalue weighted by atomic mass is 32.2. The van der Waals surface area contributed by atoms with E-state index in [-0.39, 0.29) is 40.1 Å². The van der Waals surface area contributed by atoms with Gasteiger partial charge in [-0.15, -0.1) is 0 Å². The van der Waals surface area contributed by atoms with Gasteiger partial charge < -0.3 is 9.52 Å². The number of rotatable bonds is 7. The molecule has 0 spiro atoms. The summed E-state index contributed by atoms with van der Waals surface area (Å²) in [6, 6.07) is 15.8. The van der Waals surface area contributed by atoms with Gasteiger partial charge in [0, 0.05) is 24.4 Å². The van der Waals surface area contributed by atoms with E-state index in [2.05, 4.69) is 4.72 Å². The molecule has 0 saturated heterocycles. The van der Waals surface area contributed by atoms with Crippen LogP contribution in [0.25, 0.3) is 0 Å². The van der Waals surface area contributed by atoms with Crippen LogP contribution in [0, 0.1) is 5.92 Å². The van der Waals surface area contributed by atoms with Crippen molar-refractivity contribution in [2.24, 2.45) is 5.92 Å². The summed E-state index contributed by atoms with van der Waals surface area (Å²) in [6.07, 6.45) is 4.87. The van der Waals surface area contributed by atoms with Crippen molar-refractivity contribution in [3.8, 4) is 5.75 Å². The molecule has 7 nitrogen and oxygen atoms in total. The summed E-state index contributed by atoms with van der Waals surface area (Å²) in [4.78, 5) is 26.0. The summed E-state index contributed by atoms with van der Waals surface area (Å²) in [5.41, 5.74) is 1.33. The van der Waals surface area contributed by atoms with Gasteiger partial charge >= 0.3 is 5.63 Å². The highest BCUT2D eigenvalue weighted by molar-refractivity contribution is 7.91. The molecule has 188 valence electrons. The van der Waals surface area contributed by atoms with Crippen LogP contribution in [0.5, 0.6) is 5.75 Å². The Morgan fingerprint density at radius 1 is 0.972 bits per heavy atom. The number of hydrogen-bond acceptors (Lipinski definition) is 6. The van der Waals surface area contributed by atoms with Gasteiger partial charge in [0.15, 0.2) is 5.78 Å². The lowest BCUT2D eigenvalue weighted by atomic mass is 9.85. The van der Waals surface area contributed by atoms with Crippen LogP contribution in [-0.2, 0) is 22.2 Å². The van der Waals surface area contributed by atoms with Crippen LogP contribution in [0.1, 0.15) is 77.3 Å². The van der Waals surface area contributed by atoms with Gasteiger partial charge in [-0.25, -0.2) is 13.2 Å². The van der Waals surface area contributed by atoms with Crippen LogP contribution in [0.3, 0.4) is 0 Å². The average Bonchev–Trinajstić information content (AvgIpc) is 3.65. The minimum Gasteiger partial charge on any atom is -0.506 e. The average molecular weight is 508 g/mol. The van der Waals surface area contributed by atoms with Crippen molar-refractivity contribution >= 4 is 21.5 Å². The van der Waals surface area contributed by atoms with Crippen LogP contribution in [-0.4, -0.2) is 19.3 Å². The second-order valence-corrected chi connectivity index (χ2v) is 11.4. The van der Waals surface area contributed by atoms with Crippen molar-refractivity contribution in [1.82, 2.24) is 0 Å². The van der Waals surface area contributed by atoms with Crippen molar-refractivity contribution in [1.29, 1.82) is 0 Å². The van der Waals surface area contributed by atoms with Crippen LogP contribution < -0.4 is 10.3 Å². The lowest BCUT2D eigenvalue weighted by Gasteiger charge is -2.21. The van der Waals surface area contributed by atoms with E-state index in [0.717, 1.165) is 32.1 Å². The molecular weight excluding hydrogens is 478 g/mol. The van der Waals surface area contributed by atoms with Crippen LogP contribution >= 0.6 is 0 Å². The normalized spacial score (nSPS) is 17.1. The molecule has 1 saturated carbocycles. The Labute approximate surface area is 210 Å². The Bertz CT molecular complexity index is 1440. The molecule has 2 aliphatic carbocycles. The first kappa shape index (κ1) is 24.3. The van der Waals surface area contributed by atoms with E-state index in [9.17, 15) is 23.1 Å². The van der Waals surface area contributed by atoms with Gasteiger partial charge in [0.25, 0.3) is 0 Å². The number of Topliss-reactive ketones (excluding diaryl/α,β-unsaturated/α-hetero) is 1. The SMILES string of the molecule is O=C1CCCCCc2oc(=O)c(C(c3cccc(NS(=O)(=O)Cc4ccccc4)c3)C3CC3)c(O)c21. The fraction of sp³-hybridized carbons (Fsp3) is 0.357. The maximum absolute atomic E-state index is 13.1. The molecule has 36 heavy (non-hydrogen) atoms. The van der Waals surface area contributed by atoms with Crippen LogP contribution in [0.4, 0.5) is 5.69 Å². The number of carbonyl (C=O) groups is 1. The molecule has 3 aromatic rings. The maximum Gasteiger partial charge on any atom is 0.343 e. The van der Waals surface area contributed by atoms with Crippen molar-refractivity contribution < 1.29 is 22.7 Å². The zero-order valence-electron chi connectivity index (χ0n) is 19.9. The molecule has 1 atom stereocenters. The minimum atomic E-state index is -3.67. The number of aromatic hydroxyl groups is 1. The number of carbonyl (C=O) groups excluding carboxylic acids is 1. The van der Waals surface area contributed by atoms with Crippen molar-refractivity contribution in [2.75, 3.05) is 4.72 Å². The Morgan fingerprint density at radius 3 is 2.47 bits per heavy atom. The first-order valence-electron chi connectivity index (χ1n) is 12.4. The fourth-order valence-electron chi connectivity index (χ4n) is 5.10. The number of fused-ring (bicyclic) bond motifs is 1. The zero-order chi connectivity index (χ0) is 25.3. The molecule has 0 radical (unpaired) electrons. The molecular formula is C28H29NO6S. The fourth-order valence-corrected chi connectivity index (χ4v) is 6.29. The van der Waals surface area contributed by atoms with E-state index < -0.39 is 21.6 Å². The number of hydrogen-bond donors (Lipinski definition) is 2. The van der Waals surface area contributed by atoms with Crippen molar-refractivity contribution in [3.63, 3.8) is 0 Å². The predicted octanol–water partition coefficient (Wildman–Crippen LogP) is 5.13. The van der Waals surface area contributed by atoms with Gasteiger partial charge in [-0.1, -0.05) is 48.9 Å². The van der Waals surface area contributed by atoms with E-state index in [0.29, 0.717) is 29.7 Å². The van der Waals surface area contributed by atoms with Gasteiger partial charge in [-0.05, 0) is 54.9 Å². The summed E-state index contributed by atoms with van der Waals surface area (Å²) in [6.45, 7) is 0. The lowest BCUT2D eigenvalue weighted by molar-refractivity contribution is 0.0968. The summed E-state index contributed by atoms with van der Waals surface area (Å²) in [5.74, 6) is -0.784. The molecule has 2 N–H and O–H groups in total. The molecule has 2 aromatic carbocycles. The van der Waals surface area contributed by atoms with Gasteiger partial charge in [-0.3, -0.25) is 9.52 Å². The van der Waals surface area contributed by atoms with E-state index in [1.165, 1.54) is 0 Å². The van der Waals surface area contributed by atoms with E-state index in [1.807, 2.05) is 12.1 Å². The smallest absolute Gasteiger partial charge is 0.343 e. The van der Waals surface area contributed by atoms with Crippen molar-refractivity contribution in [3.05, 3.63) is 93.0 Å². The number of ketones is 1. The molecule has 1 heterocycles. The van der Waals surface area contributed by atoms with E-state index >= 15 is 0 Å². The summed E-state index contributed by atoms with van der Waals surface area (Å²) >= 11 is 0. The minimum absolute atomic E-state index is 0.0921. The van der Waals surface area contributed by atoms with Crippen LogP contribution in [0.2, 0.25) is 0 Å². The molecule has 0 bridgehead atoms. The molecule has 8 heteroatoms. The summed E-state index contributed by atoms with van der Waals surface area (Å²) in [7, 11) is -3.67. The first-order valence-corrected chi connectivity index (χ1v) is 14.0. The van der Waals surface area contributed by atoms with Gasteiger partial charge in [-0.2, -0.15) is 0 Å². The molecule has 0 amide bonds. The topological polar surface area (TPSA) is 114 Å². The Kier molecular flexibility index (Phi) is 6.71. The largest absolute Gasteiger partial charge is 0.506 e. The molecule has 1 aromatic heterocycles. The second kappa shape index (κ2) is 9.93. The lowest BCUT2D eigenvalue weighted by Crippen LogP contribution is -2.21. The van der Waals surface area contributed by atoms with E-state index in [4.69, 9.17) is 4.42 Å². The highest BCUT2D eigenvalue weighted by Crippen LogP contribution is 2.49. The number of aryl methyl sites for hydroxylation is 1. The number of anilines is 1. The molecule has 5 rings (SSSR count). The highest BCUT2D eigenvalue weighted by Gasteiger charge is 2.39. The molecule has 1 unspecified atom stereocenters. The van der Waals surface area contributed by atoms with Gasteiger partial charge in [0.2, 0.25) is 10.0 Å². The molecule has 2 aliphatic rings. The predicted molar refractivity (Wildman–Crippen MR) is 137 cm³/mol.